The van der Waals surface area contributed by atoms with Crippen LogP contribution in [-0.4, -0.2) is 90.8 Å². The van der Waals surface area contributed by atoms with E-state index in [1.165, 1.54) is 12.4 Å². The minimum absolute atomic E-state index is 0.0997. The van der Waals surface area contributed by atoms with Crippen molar-refractivity contribution in [3.63, 3.8) is 0 Å². The van der Waals surface area contributed by atoms with Crippen molar-refractivity contribution in [2.45, 2.75) is 19.4 Å². The molecule has 2 amide bonds. The van der Waals surface area contributed by atoms with Gasteiger partial charge < -0.3 is 14.7 Å². The number of anilines is 1. The molecule has 142 valence electrons. The van der Waals surface area contributed by atoms with E-state index in [9.17, 15) is 18.0 Å². The summed E-state index contributed by atoms with van der Waals surface area (Å²) in [4.78, 5) is 37.1. The van der Waals surface area contributed by atoms with Gasteiger partial charge in [0, 0.05) is 38.8 Å². The van der Waals surface area contributed by atoms with Crippen molar-refractivity contribution in [1.29, 1.82) is 0 Å². The van der Waals surface area contributed by atoms with Crippen LogP contribution in [0, 0.1) is 0 Å². The van der Waals surface area contributed by atoms with E-state index in [4.69, 9.17) is 0 Å². The van der Waals surface area contributed by atoms with Crippen LogP contribution in [0.4, 0.5) is 5.82 Å². The summed E-state index contributed by atoms with van der Waals surface area (Å²) in [6.45, 7) is 4.54. The van der Waals surface area contributed by atoms with Gasteiger partial charge in [0.05, 0.1) is 23.9 Å². The first-order chi connectivity index (χ1) is 12.4. The Morgan fingerprint density at radius 1 is 1.27 bits per heavy atom. The zero-order valence-electron chi connectivity index (χ0n) is 14.7. The highest BCUT2D eigenvalue weighted by molar-refractivity contribution is 7.91. The number of nitrogens with zero attached hydrogens (tertiary/aromatic N) is 5. The molecule has 0 radical (unpaired) electrons. The highest BCUT2D eigenvalue weighted by Crippen LogP contribution is 2.22. The third-order valence-electron chi connectivity index (χ3n) is 4.89. The van der Waals surface area contributed by atoms with Crippen LogP contribution in [-0.2, 0) is 14.6 Å². The minimum Gasteiger partial charge on any atom is -0.352 e. The van der Waals surface area contributed by atoms with Gasteiger partial charge in [-0.25, -0.2) is 18.4 Å². The van der Waals surface area contributed by atoms with Gasteiger partial charge >= 0.3 is 0 Å². The Labute approximate surface area is 152 Å². The van der Waals surface area contributed by atoms with E-state index < -0.39 is 9.84 Å². The number of hydrogen-bond donors (Lipinski definition) is 0. The van der Waals surface area contributed by atoms with Gasteiger partial charge in [0.15, 0.2) is 9.84 Å². The second-order valence-corrected chi connectivity index (χ2v) is 8.77. The average molecular weight is 381 g/mol. The third-order valence-corrected chi connectivity index (χ3v) is 6.64. The lowest BCUT2D eigenvalue weighted by atomic mass is 10.2. The first kappa shape index (κ1) is 18.6. The molecular formula is C16H23N5O4S. The fourth-order valence-corrected chi connectivity index (χ4v) is 5.13. The molecule has 3 heterocycles. The summed E-state index contributed by atoms with van der Waals surface area (Å²) in [5, 5.41) is 0. The molecule has 1 aromatic rings. The highest BCUT2D eigenvalue weighted by atomic mass is 32.2. The van der Waals surface area contributed by atoms with Gasteiger partial charge in [-0.2, -0.15) is 0 Å². The first-order valence-electron chi connectivity index (χ1n) is 8.71. The summed E-state index contributed by atoms with van der Waals surface area (Å²) >= 11 is 0. The lowest BCUT2D eigenvalue weighted by molar-refractivity contribution is -0.119. The normalized spacial score (nSPS) is 22.3. The van der Waals surface area contributed by atoms with Crippen LogP contribution in [0.15, 0.2) is 12.4 Å². The van der Waals surface area contributed by atoms with Crippen molar-refractivity contribution in [3.05, 3.63) is 18.1 Å². The summed E-state index contributed by atoms with van der Waals surface area (Å²) in [5.41, 5.74) is 0.253. The molecule has 0 N–H and O–H groups in total. The molecule has 1 aromatic heterocycles. The van der Waals surface area contributed by atoms with Crippen LogP contribution < -0.4 is 4.90 Å². The zero-order valence-corrected chi connectivity index (χ0v) is 15.6. The molecule has 0 aliphatic carbocycles. The summed E-state index contributed by atoms with van der Waals surface area (Å²) in [6, 6.07) is -0.0997. The molecule has 2 aliphatic heterocycles. The number of carbonyl (C=O) groups excluding carboxylic acids is 2. The van der Waals surface area contributed by atoms with Crippen LogP contribution in [0.5, 0.6) is 0 Å². The summed E-state index contributed by atoms with van der Waals surface area (Å²) < 4.78 is 23.4. The zero-order chi connectivity index (χ0) is 18.7. The largest absolute Gasteiger partial charge is 0.352 e. The van der Waals surface area contributed by atoms with E-state index >= 15 is 0 Å². The van der Waals surface area contributed by atoms with E-state index in [0.29, 0.717) is 45.0 Å². The maximum atomic E-state index is 12.5. The number of aromatic nitrogens is 2. The van der Waals surface area contributed by atoms with Gasteiger partial charge in [-0.15, -0.1) is 0 Å². The van der Waals surface area contributed by atoms with Gasteiger partial charge in [0.25, 0.3) is 5.91 Å². The van der Waals surface area contributed by atoms with E-state index in [1.54, 1.807) is 9.80 Å². The topological polar surface area (TPSA) is 104 Å². The van der Waals surface area contributed by atoms with Gasteiger partial charge in [-0.3, -0.25) is 9.59 Å². The Morgan fingerprint density at radius 2 is 2.00 bits per heavy atom. The average Bonchev–Trinajstić information content (AvgIpc) is 3.02. The van der Waals surface area contributed by atoms with Crippen molar-refractivity contribution in [2.24, 2.45) is 0 Å². The van der Waals surface area contributed by atoms with Gasteiger partial charge in [0.2, 0.25) is 6.41 Å². The number of piperazine rings is 1. The molecule has 2 fully saturated rings. The van der Waals surface area contributed by atoms with E-state index in [1.807, 2.05) is 11.8 Å². The van der Waals surface area contributed by atoms with Crippen molar-refractivity contribution >= 4 is 28.0 Å². The molecular weight excluding hydrogens is 358 g/mol. The Hall–Kier alpha value is -2.23. The van der Waals surface area contributed by atoms with Crippen LogP contribution in [0.3, 0.4) is 0 Å². The summed E-state index contributed by atoms with van der Waals surface area (Å²) in [6.07, 6.45) is 4.34. The number of rotatable bonds is 5. The second kappa shape index (κ2) is 7.56. The second-order valence-electron chi connectivity index (χ2n) is 6.54. The molecule has 0 saturated carbocycles. The Bertz CT molecular complexity index is 759. The van der Waals surface area contributed by atoms with E-state index in [-0.39, 0.29) is 29.1 Å². The van der Waals surface area contributed by atoms with Crippen molar-refractivity contribution in [3.8, 4) is 0 Å². The van der Waals surface area contributed by atoms with Crippen molar-refractivity contribution in [1.82, 2.24) is 19.8 Å². The van der Waals surface area contributed by atoms with Crippen molar-refractivity contribution in [2.75, 3.05) is 49.1 Å². The van der Waals surface area contributed by atoms with Gasteiger partial charge in [-0.05, 0) is 13.3 Å². The maximum Gasteiger partial charge on any atom is 0.274 e. The van der Waals surface area contributed by atoms with Crippen molar-refractivity contribution < 1.29 is 18.0 Å². The third kappa shape index (κ3) is 3.95. The molecule has 2 aliphatic rings. The van der Waals surface area contributed by atoms with E-state index in [0.717, 1.165) is 6.41 Å². The molecule has 9 nitrogen and oxygen atoms in total. The Morgan fingerprint density at radius 3 is 2.50 bits per heavy atom. The molecule has 1 unspecified atom stereocenters. The SMILES string of the molecule is CCN(c1cnc(C(=O)N2CCN(C=O)CC2)cn1)C1CCS(=O)(=O)C1. The molecule has 2 saturated heterocycles. The summed E-state index contributed by atoms with van der Waals surface area (Å²) in [5.74, 6) is 0.702. The first-order valence-corrected chi connectivity index (χ1v) is 10.5. The van der Waals surface area contributed by atoms with Crippen LogP contribution >= 0.6 is 0 Å². The molecule has 0 aromatic carbocycles. The van der Waals surface area contributed by atoms with Crippen LogP contribution in [0.1, 0.15) is 23.8 Å². The lowest BCUT2D eigenvalue weighted by Gasteiger charge is -2.32. The number of sulfone groups is 1. The molecule has 3 rings (SSSR count). The number of hydrogen-bond acceptors (Lipinski definition) is 7. The fourth-order valence-electron chi connectivity index (χ4n) is 3.40. The minimum atomic E-state index is -2.98. The molecule has 10 heteroatoms. The molecule has 0 bridgehead atoms. The van der Waals surface area contributed by atoms with Gasteiger partial charge in [0.1, 0.15) is 11.5 Å². The fraction of sp³-hybridized carbons (Fsp3) is 0.625. The predicted octanol–water partition coefficient (Wildman–Crippen LogP) is -0.596. The van der Waals surface area contributed by atoms with E-state index in [2.05, 4.69) is 9.97 Å². The summed E-state index contributed by atoms with van der Waals surface area (Å²) in [7, 11) is -2.98. The predicted molar refractivity (Wildman–Crippen MR) is 95.7 cm³/mol. The molecule has 1 atom stereocenters. The number of amides is 2. The highest BCUT2D eigenvalue weighted by Gasteiger charge is 2.32. The smallest absolute Gasteiger partial charge is 0.274 e. The molecule has 0 spiro atoms. The quantitative estimate of drug-likeness (QED) is 0.628. The standard InChI is InChI=1S/C16H23N5O4S/c1-2-21(13-3-8-26(24,25)11-13)15-10-17-14(9-18-15)16(23)20-6-4-19(12-22)5-7-20/h9-10,12-13H,2-8,11H2,1H3. The maximum absolute atomic E-state index is 12.5. The van der Waals surface area contributed by atoms with Crippen LogP contribution in [0.2, 0.25) is 0 Å². The molecule has 26 heavy (non-hydrogen) atoms. The Kier molecular flexibility index (Phi) is 5.40. The monoisotopic (exact) mass is 381 g/mol. The number of carbonyl (C=O) groups is 2. The van der Waals surface area contributed by atoms with Gasteiger partial charge in [-0.1, -0.05) is 0 Å². The lowest BCUT2D eigenvalue weighted by Crippen LogP contribution is -2.48. The Balaban J connectivity index is 1.67. The van der Waals surface area contributed by atoms with Crippen LogP contribution in [0.25, 0.3) is 0 Å².